The van der Waals surface area contributed by atoms with Crippen molar-refractivity contribution in [3.05, 3.63) is 17.5 Å². The molecule has 2 heterocycles. The lowest BCUT2D eigenvalue weighted by molar-refractivity contribution is -0.137. The van der Waals surface area contributed by atoms with Gasteiger partial charge in [0.15, 0.2) is 0 Å². The summed E-state index contributed by atoms with van der Waals surface area (Å²) in [4.78, 5) is 25.1. The molecule has 1 aromatic heterocycles. The molecule has 116 valence electrons. The maximum Gasteiger partial charge on any atom is 0.303 e. The molecule has 2 rings (SSSR count). The van der Waals surface area contributed by atoms with Crippen LogP contribution in [0.3, 0.4) is 0 Å². The number of carboxylic acid groups (broad SMARTS) is 1. The number of aromatic amines is 1. The molecule has 0 aromatic carbocycles. The van der Waals surface area contributed by atoms with Crippen LogP contribution in [0, 0.1) is 0 Å². The van der Waals surface area contributed by atoms with Crippen LogP contribution < -0.4 is 0 Å². The minimum atomic E-state index is -0.810. The fourth-order valence-electron chi connectivity index (χ4n) is 2.75. The predicted molar refractivity (Wildman–Crippen MR) is 78.2 cm³/mol. The summed E-state index contributed by atoms with van der Waals surface area (Å²) in [6, 6.07) is 1.82. The third-order valence-corrected chi connectivity index (χ3v) is 4.02. The van der Waals surface area contributed by atoms with Crippen LogP contribution in [0.15, 0.2) is 6.07 Å². The van der Waals surface area contributed by atoms with Gasteiger partial charge in [-0.3, -0.25) is 14.7 Å². The third kappa shape index (κ3) is 3.83. The molecule has 2 N–H and O–H groups in total. The van der Waals surface area contributed by atoms with E-state index in [2.05, 4.69) is 10.2 Å². The van der Waals surface area contributed by atoms with Crippen molar-refractivity contribution in [1.29, 1.82) is 0 Å². The predicted octanol–water partition coefficient (Wildman–Crippen LogP) is 2.39. The SMILES string of the molecule is CC(C)c1cc(C(=O)N2CCCCC2CCC(=O)O)n[nH]1. The molecule has 1 unspecified atom stereocenters. The van der Waals surface area contributed by atoms with Crippen molar-refractivity contribution in [3.8, 4) is 0 Å². The molecule has 1 fully saturated rings. The van der Waals surface area contributed by atoms with Crippen LogP contribution in [-0.4, -0.2) is 44.7 Å². The maximum atomic E-state index is 12.6. The van der Waals surface area contributed by atoms with Crippen LogP contribution in [0.5, 0.6) is 0 Å². The Bertz CT molecular complexity index is 510. The molecule has 0 aliphatic carbocycles. The second-order valence-electron chi connectivity index (χ2n) is 5.94. The molecular weight excluding hydrogens is 270 g/mol. The van der Waals surface area contributed by atoms with E-state index in [4.69, 9.17) is 5.11 Å². The first-order valence-corrected chi connectivity index (χ1v) is 7.57. The fraction of sp³-hybridized carbons (Fsp3) is 0.667. The summed E-state index contributed by atoms with van der Waals surface area (Å²) in [6.45, 7) is 4.77. The first-order valence-electron chi connectivity index (χ1n) is 7.57. The van der Waals surface area contributed by atoms with E-state index in [1.54, 1.807) is 11.0 Å². The second kappa shape index (κ2) is 6.74. The van der Waals surface area contributed by atoms with E-state index in [-0.39, 0.29) is 18.4 Å². The van der Waals surface area contributed by atoms with Crippen molar-refractivity contribution in [2.75, 3.05) is 6.54 Å². The molecule has 21 heavy (non-hydrogen) atoms. The topological polar surface area (TPSA) is 86.3 Å². The second-order valence-corrected chi connectivity index (χ2v) is 5.94. The van der Waals surface area contributed by atoms with Gasteiger partial charge in [-0.25, -0.2) is 0 Å². The number of nitrogens with one attached hydrogen (secondary N) is 1. The normalized spacial score (nSPS) is 19.0. The first kappa shape index (κ1) is 15.5. The van der Waals surface area contributed by atoms with E-state index in [0.717, 1.165) is 25.0 Å². The van der Waals surface area contributed by atoms with Crippen molar-refractivity contribution in [1.82, 2.24) is 15.1 Å². The van der Waals surface area contributed by atoms with E-state index < -0.39 is 5.97 Å². The number of H-pyrrole nitrogens is 1. The summed E-state index contributed by atoms with van der Waals surface area (Å²) in [6.07, 6.45) is 3.51. The molecule has 0 radical (unpaired) electrons. The van der Waals surface area contributed by atoms with Crippen molar-refractivity contribution in [3.63, 3.8) is 0 Å². The smallest absolute Gasteiger partial charge is 0.303 e. The zero-order valence-corrected chi connectivity index (χ0v) is 12.6. The van der Waals surface area contributed by atoms with E-state index in [1.807, 2.05) is 13.8 Å². The van der Waals surface area contributed by atoms with Gasteiger partial charge >= 0.3 is 5.97 Å². The Morgan fingerprint density at radius 3 is 2.86 bits per heavy atom. The van der Waals surface area contributed by atoms with Gasteiger partial charge in [-0.05, 0) is 37.7 Å². The summed E-state index contributed by atoms with van der Waals surface area (Å²) in [5, 5.41) is 15.8. The number of rotatable bonds is 5. The van der Waals surface area contributed by atoms with Crippen LogP contribution in [0.2, 0.25) is 0 Å². The van der Waals surface area contributed by atoms with Crippen molar-refractivity contribution < 1.29 is 14.7 Å². The quantitative estimate of drug-likeness (QED) is 0.872. The minimum Gasteiger partial charge on any atom is -0.481 e. The zero-order valence-electron chi connectivity index (χ0n) is 12.6. The average molecular weight is 293 g/mol. The Morgan fingerprint density at radius 1 is 1.48 bits per heavy atom. The molecule has 1 aromatic rings. The van der Waals surface area contributed by atoms with Gasteiger partial charge < -0.3 is 10.0 Å². The fourth-order valence-corrected chi connectivity index (χ4v) is 2.75. The molecular formula is C15H23N3O3. The molecule has 6 nitrogen and oxygen atoms in total. The molecule has 1 saturated heterocycles. The van der Waals surface area contributed by atoms with E-state index in [9.17, 15) is 9.59 Å². The molecule has 0 spiro atoms. The Labute approximate surface area is 124 Å². The Balaban J connectivity index is 2.08. The van der Waals surface area contributed by atoms with Gasteiger partial charge in [-0.15, -0.1) is 0 Å². The standard InChI is InChI=1S/C15H23N3O3/c1-10(2)12-9-13(17-16-12)15(21)18-8-4-3-5-11(18)6-7-14(19)20/h9-11H,3-8H2,1-2H3,(H,16,17)(H,19,20). The number of carboxylic acids is 1. The van der Waals surface area contributed by atoms with Gasteiger partial charge in [0.25, 0.3) is 5.91 Å². The largest absolute Gasteiger partial charge is 0.481 e. The number of hydrogen-bond donors (Lipinski definition) is 2. The number of carbonyl (C=O) groups is 2. The lowest BCUT2D eigenvalue weighted by atomic mass is 9.97. The third-order valence-electron chi connectivity index (χ3n) is 4.02. The number of piperidine rings is 1. The minimum absolute atomic E-state index is 0.0153. The first-order chi connectivity index (χ1) is 9.99. The molecule has 1 aliphatic rings. The van der Waals surface area contributed by atoms with Crippen LogP contribution in [-0.2, 0) is 4.79 Å². The number of likely N-dealkylation sites (tertiary alicyclic amines) is 1. The number of nitrogens with zero attached hydrogens (tertiary/aromatic N) is 2. The summed E-state index contributed by atoms with van der Waals surface area (Å²) in [5.41, 5.74) is 1.37. The number of carbonyl (C=O) groups excluding carboxylic acids is 1. The van der Waals surface area contributed by atoms with Crippen molar-refractivity contribution in [2.45, 2.75) is 57.9 Å². The Morgan fingerprint density at radius 2 is 2.24 bits per heavy atom. The zero-order chi connectivity index (χ0) is 15.4. The van der Waals surface area contributed by atoms with Gasteiger partial charge in [0.1, 0.15) is 5.69 Å². The maximum absolute atomic E-state index is 12.6. The highest BCUT2D eigenvalue weighted by atomic mass is 16.4. The van der Waals surface area contributed by atoms with E-state index in [0.29, 0.717) is 24.6 Å². The van der Waals surface area contributed by atoms with Gasteiger partial charge in [-0.2, -0.15) is 5.10 Å². The number of aromatic nitrogens is 2. The highest BCUT2D eigenvalue weighted by Gasteiger charge is 2.29. The van der Waals surface area contributed by atoms with E-state index >= 15 is 0 Å². The van der Waals surface area contributed by atoms with Crippen LogP contribution in [0.25, 0.3) is 0 Å². The van der Waals surface area contributed by atoms with Gasteiger partial charge in [0.2, 0.25) is 0 Å². The van der Waals surface area contributed by atoms with Crippen LogP contribution in [0.4, 0.5) is 0 Å². The van der Waals surface area contributed by atoms with Crippen molar-refractivity contribution in [2.24, 2.45) is 0 Å². The number of hydrogen-bond acceptors (Lipinski definition) is 3. The lowest BCUT2D eigenvalue weighted by Crippen LogP contribution is -2.44. The summed E-state index contributed by atoms with van der Waals surface area (Å²) < 4.78 is 0. The number of amides is 1. The summed E-state index contributed by atoms with van der Waals surface area (Å²) in [5.74, 6) is -0.605. The summed E-state index contributed by atoms with van der Waals surface area (Å²) in [7, 11) is 0. The van der Waals surface area contributed by atoms with Gasteiger partial charge in [0.05, 0.1) is 0 Å². The Kier molecular flexibility index (Phi) is 4.98. The van der Waals surface area contributed by atoms with Crippen LogP contribution in [0.1, 0.15) is 68.1 Å². The monoisotopic (exact) mass is 293 g/mol. The average Bonchev–Trinajstić information content (AvgIpc) is 2.94. The highest BCUT2D eigenvalue weighted by molar-refractivity contribution is 5.92. The van der Waals surface area contributed by atoms with Gasteiger partial charge in [0, 0.05) is 24.7 Å². The molecule has 0 bridgehead atoms. The lowest BCUT2D eigenvalue weighted by Gasteiger charge is -2.35. The molecule has 6 heteroatoms. The molecule has 1 amide bonds. The molecule has 0 saturated carbocycles. The Hall–Kier alpha value is -1.85. The van der Waals surface area contributed by atoms with E-state index in [1.165, 1.54) is 0 Å². The van der Waals surface area contributed by atoms with Gasteiger partial charge in [-0.1, -0.05) is 13.8 Å². The summed E-state index contributed by atoms with van der Waals surface area (Å²) >= 11 is 0. The van der Waals surface area contributed by atoms with Crippen molar-refractivity contribution >= 4 is 11.9 Å². The van der Waals surface area contributed by atoms with Crippen LogP contribution >= 0.6 is 0 Å². The number of aliphatic carboxylic acids is 1. The molecule has 1 aliphatic heterocycles. The highest BCUT2D eigenvalue weighted by Crippen LogP contribution is 2.23. The molecule has 1 atom stereocenters.